The van der Waals surface area contributed by atoms with Crippen molar-refractivity contribution in [2.24, 2.45) is 5.92 Å². The molecule has 0 atom stereocenters. The molecule has 0 unspecified atom stereocenters. The fourth-order valence-corrected chi connectivity index (χ4v) is 3.63. The van der Waals surface area contributed by atoms with Crippen LogP contribution in [0.1, 0.15) is 50.7 Å². The standard InChI is InChI=1S/C18H24N2O2/c1-3-12(4-2)18(22)19-15-10-13-6-5-9-20-16(21)8-7-14(11-15)17(13)20/h10-12H,3-9H2,1-2H3,(H,19,22). The van der Waals surface area contributed by atoms with Crippen LogP contribution in [0.3, 0.4) is 0 Å². The molecule has 2 aliphatic rings. The molecular formula is C18H24N2O2. The predicted octanol–water partition coefficient (Wildman–Crippen LogP) is 3.29. The quantitative estimate of drug-likeness (QED) is 0.927. The van der Waals surface area contributed by atoms with Gasteiger partial charge < -0.3 is 10.2 Å². The minimum absolute atomic E-state index is 0.0745. The normalized spacial score (nSPS) is 16.7. The van der Waals surface area contributed by atoms with Gasteiger partial charge >= 0.3 is 0 Å². The topological polar surface area (TPSA) is 49.4 Å². The zero-order valence-electron chi connectivity index (χ0n) is 13.4. The number of carbonyl (C=O) groups excluding carboxylic acids is 2. The van der Waals surface area contributed by atoms with Gasteiger partial charge in [-0.1, -0.05) is 13.8 Å². The van der Waals surface area contributed by atoms with E-state index in [0.29, 0.717) is 6.42 Å². The summed E-state index contributed by atoms with van der Waals surface area (Å²) in [4.78, 5) is 26.3. The Morgan fingerprint density at radius 2 is 1.86 bits per heavy atom. The number of hydrogen-bond donors (Lipinski definition) is 1. The fourth-order valence-electron chi connectivity index (χ4n) is 3.63. The van der Waals surface area contributed by atoms with E-state index in [0.717, 1.165) is 50.0 Å². The second kappa shape index (κ2) is 6.11. The molecule has 0 aliphatic carbocycles. The van der Waals surface area contributed by atoms with Gasteiger partial charge in [0.05, 0.1) is 5.69 Å². The first kappa shape index (κ1) is 15.1. The van der Waals surface area contributed by atoms with E-state index in [9.17, 15) is 9.59 Å². The number of benzene rings is 1. The van der Waals surface area contributed by atoms with Gasteiger partial charge in [0.25, 0.3) is 0 Å². The summed E-state index contributed by atoms with van der Waals surface area (Å²) in [6, 6.07) is 4.12. The first-order valence-corrected chi connectivity index (χ1v) is 8.41. The van der Waals surface area contributed by atoms with Gasteiger partial charge in [-0.05, 0) is 55.4 Å². The molecule has 2 amide bonds. The van der Waals surface area contributed by atoms with Crippen LogP contribution in [0.15, 0.2) is 12.1 Å². The average Bonchev–Trinajstić information content (AvgIpc) is 2.52. The molecule has 0 radical (unpaired) electrons. The molecule has 4 heteroatoms. The third-order valence-corrected chi connectivity index (χ3v) is 4.90. The van der Waals surface area contributed by atoms with E-state index >= 15 is 0 Å². The Hall–Kier alpha value is -1.84. The predicted molar refractivity (Wildman–Crippen MR) is 88.1 cm³/mol. The highest BCUT2D eigenvalue weighted by atomic mass is 16.2. The number of aryl methyl sites for hydroxylation is 2. The van der Waals surface area contributed by atoms with Crippen molar-refractivity contribution >= 4 is 23.2 Å². The molecule has 1 aromatic carbocycles. The van der Waals surface area contributed by atoms with Crippen molar-refractivity contribution in [1.82, 2.24) is 0 Å². The molecule has 2 heterocycles. The van der Waals surface area contributed by atoms with Crippen LogP contribution < -0.4 is 10.2 Å². The van der Waals surface area contributed by atoms with Gasteiger partial charge in [-0.3, -0.25) is 9.59 Å². The summed E-state index contributed by atoms with van der Waals surface area (Å²) in [5.74, 6) is 0.421. The number of anilines is 2. The van der Waals surface area contributed by atoms with Gasteiger partial charge in [0.1, 0.15) is 0 Å². The van der Waals surface area contributed by atoms with Gasteiger partial charge in [-0.15, -0.1) is 0 Å². The molecule has 0 fully saturated rings. The molecule has 1 aromatic rings. The minimum atomic E-state index is 0.0745. The summed E-state index contributed by atoms with van der Waals surface area (Å²) >= 11 is 0. The lowest BCUT2D eigenvalue weighted by Crippen LogP contribution is -2.39. The second-order valence-electron chi connectivity index (χ2n) is 6.29. The largest absolute Gasteiger partial charge is 0.326 e. The number of nitrogens with zero attached hydrogens (tertiary/aromatic N) is 1. The van der Waals surface area contributed by atoms with E-state index in [2.05, 4.69) is 17.4 Å². The monoisotopic (exact) mass is 300 g/mol. The first-order valence-electron chi connectivity index (χ1n) is 8.41. The van der Waals surface area contributed by atoms with E-state index < -0.39 is 0 Å². The third kappa shape index (κ3) is 2.62. The number of carbonyl (C=O) groups is 2. The highest BCUT2D eigenvalue weighted by molar-refractivity contribution is 5.99. The van der Waals surface area contributed by atoms with Crippen LogP contribution in [0, 0.1) is 5.92 Å². The van der Waals surface area contributed by atoms with Gasteiger partial charge in [-0.2, -0.15) is 0 Å². The minimum Gasteiger partial charge on any atom is -0.326 e. The lowest BCUT2D eigenvalue weighted by molar-refractivity contribution is -0.120. The second-order valence-corrected chi connectivity index (χ2v) is 6.29. The van der Waals surface area contributed by atoms with Crippen molar-refractivity contribution in [2.45, 2.75) is 52.4 Å². The zero-order valence-corrected chi connectivity index (χ0v) is 13.4. The van der Waals surface area contributed by atoms with Crippen LogP contribution in [0.25, 0.3) is 0 Å². The molecular weight excluding hydrogens is 276 g/mol. The van der Waals surface area contributed by atoms with Crippen LogP contribution >= 0.6 is 0 Å². The van der Waals surface area contributed by atoms with Crippen LogP contribution in [-0.2, 0) is 22.4 Å². The smallest absolute Gasteiger partial charge is 0.227 e. The van der Waals surface area contributed by atoms with Crippen LogP contribution in [-0.4, -0.2) is 18.4 Å². The van der Waals surface area contributed by atoms with Crippen LogP contribution in [0.4, 0.5) is 11.4 Å². The number of nitrogens with one attached hydrogen (secondary N) is 1. The molecule has 1 N–H and O–H groups in total. The Bertz CT molecular complexity index is 588. The van der Waals surface area contributed by atoms with Crippen molar-refractivity contribution in [3.05, 3.63) is 23.3 Å². The molecule has 0 saturated carbocycles. The van der Waals surface area contributed by atoms with E-state index in [1.54, 1.807) is 0 Å². The number of hydrogen-bond acceptors (Lipinski definition) is 2. The number of rotatable bonds is 4. The van der Waals surface area contributed by atoms with Gasteiger partial charge in [0, 0.05) is 24.6 Å². The maximum atomic E-state index is 12.3. The summed E-state index contributed by atoms with van der Waals surface area (Å²) in [5, 5.41) is 3.08. The van der Waals surface area contributed by atoms with Gasteiger partial charge in [0.2, 0.25) is 11.8 Å². The van der Waals surface area contributed by atoms with E-state index in [1.807, 2.05) is 18.7 Å². The van der Waals surface area contributed by atoms with E-state index in [1.165, 1.54) is 11.1 Å². The van der Waals surface area contributed by atoms with Gasteiger partial charge in [-0.25, -0.2) is 0 Å². The Labute approximate surface area is 131 Å². The molecule has 2 aliphatic heterocycles. The average molecular weight is 300 g/mol. The molecule has 3 rings (SSSR count). The van der Waals surface area contributed by atoms with Crippen LogP contribution in [0.2, 0.25) is 0 Å². The summed E-state index contributed by atoms with van der Waals surface area (Å²) in [6.45, 7) is 4.93. The Morgan fingerprint density at radius 3 is 2.55 bits per heavy atom. The van der Waals surface area contributed by atoms with Crippen molar-refractivity contribution in [3.8, 4) is 0 Å². The van der Waals surface area contributed by atoms with Crippen molar-refractivity contribution < 1.29 is 9.59 Å². The summed E-state index contributed by atoms with van der Waals surface area (Å²) < 4.78 is 0. The molecule has 118 valence electrons. The molecule has 0 spiro atoms. The molecule has 22 heavy (non-hydrogen) atoms. The maximum absolute atomic E-state index is 12.3. The highest BCUT2D eigenvalue weighted by Crippen LogP contribution is 2.38. The molecule has 0 saturated heterocycles. The fraction of sp³-hybridized carbons (Fsp3) is 0.556. The van der Waals surface area contributed by atoms with Crippen molar-refractivity contribution in [1.29, 1.82) is 0 Å². The summed E-state index contributed by atoms with van der Waals surface area (Å²) in [5.41, 5.74) is 4.41. The first-order chi connectivity index (χ1) is 10.6. The van der Waals surface area contributed by atoms with Crippen molar-refractivity contribution in [3.63, 3.8) is 0 Å². The lowest BCUT2D eigenvalue weighted by atomic mass is 9.91. The van der Waals surface area contributed by atoms with Crippen LogP contribution in [0.5, 0.6) is 0 Å². The Kier molecular flexibility index (Phi) is 4.19. The SMILES string of the molecule is CCC(CC)C(=O)Nc1cc2c3c(c1)CCC(=O)N3CCC2. The third-order valence-electron chi connectivity index (χ3n) is 4.90. The van der Waals surface area contributed by atoms with E-state index in [4.69, 9.17) is 0 Å². The summed E-state index contributed by atoms with van der Waals surface area (Å²) in [7, 11) is 0. The lowest BCUT2D eigenvalue weighted by Gasteiger charge is -2.35. The number of amides is 2. The van der Waals surface area contributed by atoms with E-state index in [-0.39, 0.29) is 17.7 Å². The maximum Gasteiger partial charge on any atom is 0.227 e. The highest BCUT2D eigenvalue weighted by Gasteiger charge is 2.29. The van der Waals surface area contributed by atoms with Crippen molar-refractivity contribution in [2.75, 3.05) is 16.8 Å². The summed E-state index contributed by atoms with van der Waals surface area (Å²) in [6.07, 6.45) is 5.08. The van der Waals surface area contributed by atoms with Gasteiger partial charge in [0.15, 0.2) is 0 Å². The Balaban J connectivity index is 1.90. The Morgan fingerprint density at radius 1 is 1.18 bits per heavy atom. The molecule has 0 aromatic heterocycles. The zero-order chi connectivity index (χ0) is 15.7. The molecule has 4 nitrogen and oxygen atoms in total. The molecule has 0 bridgehead atoms.